The molecule has 2 aliphatic heterocycles. The van der Waals surface area contributed by atoms with Crippen molar-refractivity contribution in [2.75, 3.05) is 18.2 Å². The average Bonchev–Trinajstić information content (AvgIpc) is 3.39. The fraction of sp³-hybridized carbons (Fsp3) is 0.357. The molecule has 10 nitrogen and oxygen atoms in total. The molecule has 206 valence electrons. The molecule has 3 aromatic rings. The number of ether oxygens (including phenoxy) is 3. The highest BCUT2D eigenvalue weighted by Crippen LogP contribution is 2.40. The molecule has 2 aliphatic rings. The van der Waals surface area contributed by atoms with E-state index < -0.39 is 27.8 Å². The Balaban J connectivity index is 1.49. The maximum absolute atomic E-state index is 13.6. The highest BCUT2D eigenvalue weighted by Gasteiger charge is 2.45. The molecule has 11 heteroatoms. The number of benzene rings is 2. The molecule has 39 heavy (non-hydrogen) atoms. The summed E-state index contributed by atoms with van der Waals surface area (Å²) in [6.45, 7) is 7.59. The Bertz CT molecular complexity index is 1510. The average molecular weight is 554 g/mol. The third-order valence-corrected chi connectivity index (χ3v) is 8.46. The second-order valence-corrected chi connectivity index (χ2v) is 11.7. The molecule has 3 heterocycles. The van der Waals surface area contributed by atoms with E-state index in [-0.39, 0.29) is 34.6 Å². The van der Waals surface area contributed by atoms with E-state index in [0.29, 0.717) is 23.7 Å². The first kappa shape index (κ1) is 26.9. The summed E-state index contributed by atoms with van der Waals surface area (Å²) in [5.41, 5.74) is 0.937. The minimum absolute atomic E-state index is 0.0675. The fourth-order valence-corrected chi connectivity index (χ4v) is 5.92. The van der Waals surface area contributed by atoms with Crippen molar-refractivity contribution in [3.8, 4) is 17.4 Å². The van der Waals surface area contributed by atoms with E-state index in [4.69, 9.17) is 14.2 Å². The van der Waals surface area contributed by atoms with E-state index in [1.807, 2.05) is 13.8 Å². The van der Waals surface area contributed by atoms with Crippen LogP contribution in [0.5, 0.6) is 17.4 Å². The molecule has 2 aromatic carbocycles. The smallest absolute Gasteiger partial charge is 0.259 e. The third-order valence-electron chi connectivity index (χ3n) is 7.00. The molecule has 1 amide bonds. The fourth-order valence-electron chi connectivity index (χ4n) is 4.70. The summed E-state index contributed by atoms with van der Waals surface area (Å²) in [5, 5.41) is 11.2. The minimum Gasteiger partial charge on any atom is -0.469 e. The molecule has 0 saturated heterocycles. The first-order valence-electron chi connectivity index (χ1n) is 12.7. The molecular weight excluding hydrogens is 522 g/mol. The molecule has 2 N–H and O–H groups in total. The Morgan fingerprint density at radius 1 is 1.10 bits per heavy atom. The van der Waals surface area contributed by atoms with Crippen molar-refractivity contribution in [2.24, 2.45) is 0 Å². The van der Waals surface area contributed by atoms with Crippen molar-refractivity contribution >= 4 is 21.6 Å². The van der Waals surface area contributed by atoms with Crippen LogP contribution in [0, 0.1) is 0 Å². The summed E-state index contributed by atoms with van der Waals surface area (Å²) < 4.78 is 46.0. The second-order valence-electron chi connectivity index (χ2n) is 9.95. The molecule has 0 unspecified atom stereocenters. The van der Waals surface area contributed by atoms with Gasteiger partial charge in [-0.2, -0.15) is 0 Å². The highest BCUT2D eigenvalue weighted by molar-refractivity contribution is 7.89. The van der Waals surface area contributed by atoms with Gasteiger partial charge in [0.15, 0.2) is 11.5 Å². The van der Waals surface area contributed by atoms with Gasteiger partial charge in [-0.05, 0) is 63.1 Å². The first-order valence-corrected chi connectivity index (χ1v) is 14.2. The van der Waals surface area contributed by atoms with E-state index in [1.165, 1.54) is 24.4 Å². The van der Waals surface area contributed by atoms with Crippen LogP contribution in [0.15, 0.2) is 59.6 Å². The molecule has 0 bridgehead atoms. The third kappa shape index (κ3) is 5.05. The summed E-state index contributed by atoms with van der Waals surface area (Å²) in [4.78, 5) is 19.6. The standard InChI is InChI=1S/C28H31N3O7S/c1-5-17-7-10-20(11-8-17)39(34,35)30-24-21-13-18(15-29-26(21)38-28(3,4)25(24)32)27(33)31(6-2)19-9-12-22-23(14-19)37-16-36-22/h7-15,24-25,30,32H,5-6,16H2,1-4H3/t24-,25+/m1/s1. The molecule has 5 rings (SSSR count). The van der Waals surface area contributed by atoms with Gasteiger partial charge in [-0.15, -0.1) is 0 Å². The first-order chi connectivity index (χ1) is 18.5. The molecule has 0 fully saturated rings. The van der Waals surface area contributed by atoms with Gasteiger partial charge < -0.3 is 24.2 Å². The summed E-state index contributed by atoms with van der Waals surface area (Å²) in [7, 11) is -4.03. The van der Waals surface area contributed by atoms with Crippen molar-refractivity contribution in [1.29, 1.82) is 0 Å². The molecule has 2 atom stereocenters. The number of hydrogen-bond donors (Lipinski definition) is 2. The summed E-state index contributed by atoms with van der Waals surface area (Å²) in [5.74, 6) is 0.929. The number of fused-ring (bicyclic) bond motifs is 2. The Kier molecular flexibility index (Phi) is 7.00. The zero-order valence-electron chi connectivity index (χ0n) is 22.2. The minimum atomic E-state index is -4.03. The maximum Gasteiger partial charge on any atom is 0.259 e. The van der Waals surface area contributed by atoms with Gasteiger partial charge in [0.05, 0.1) is 16.5 Å². The van der Waals surface area contributed by atoms with Crippen molar-refractivity contribution in [1.82, 2.24) is 9.71 Å². The van der Waals surface area contributed by atoms with Crippen molar-refractivity contribution in [3.63, 3.8) is 0 Å². The van der Waals surface area contributed by atoms with Crippen LogP contribution in [0.1, 0.15) is 55.2 Å². The van der Waals surface area contributed by atoms with Crippen LogP contribution >= 0.6 is 0 Å². The lowest BCUT2D eigenvalue weighted by molar-refractivity contribution is -0.0632. The predicted octanol–water partition coefficient (Wildman–Crippen LogP) is 3.59. The summed E-state index contributed by atoms with van der Waals surface area (Å²) in [6.07, 6.45) is 0.898. The monoisotopic (exact) mass is 553 g/mol. The second kappa shape index (κ2) is 10.1. The van der Waals surface area contributed by atoms with Crippen LogP contribution in [0.4, 0.5) is 5.69 Å². The van der Waals surface area contributed by atoms with E-state index in [2.05, 4.69) is 9.71 Å². The maximum atomic E-state index is 13.6. The lowest BCUT2D eigenvalue weighted by Crippen LogP contribution is -2.53. The zero-order valence-corrected chi connectivity index (χ0v) is 23.0. The topological polar surface area (TPSA) is 127 Å². The van der Waals surface area contributed by atoms with Crippen molar-refractivity contribution in [2.45, 2.75) is 56.8 Å². The number of carbonyl (C=O) groups excluding carboxylic acids is 1. The number of amides is 1. The van der Waals surface area contributed by atoms with Crippen LogP contribution < -0.4 is 23.8 Å². The molecular formula is C28H31N3O7S. The molecule has 0 saturated carbocycles. The summed E-state index contributed by atoms with van der Waals surface area (Å²) >= 11 is 0. The number of sulfonamides is 1. The number of nitrogens with zero attached hydrogens (tertiary/aromatic N) is 2. The Morgan fingerprint density at radius 3 is 2.51 bits per heavy atom. The van der Waals surface area contributed by atoms with Gasteiger partial charge in [-0.3, -0.25) is 4.79 Å². The van der Waals surface area contributed by atoms with Gasteiger partial charge in [0.2, 0.25) is 22.7 Å². The van der Waals surface area contributed by atoms with Gasteiger partial charge in [0.25, 0.3) is 5.91 Å². The van der Waals surface area contributed by atoms with Gasteiger partial charge in [0, 0.05) is 30.1 Å². The van der Waals surface area contributed by atoms with Crippen LogP contribution in [0.3, 0.4) is 0 Å². The van der Waals surface area contributed by atoms with Gasteiger partial charge in [-0.1, -0.05) is 19.1 Å². The molecule has 0 aliphatic carbocycles. The van der Waals surface area contributed by atoms with Gasteiger partial charge >= 0.3 is 0 Å². The van der Waals surface area contributed by atoms with E-state index in [0.717, 1.165) is 12.0 Å². The Morgan fingerprint density at radius 2 is 1.82 bits per heavy atom. The van der Waals surface area contributed by atoms with Crippen molar-refractivity contribution in [3.05, 3.63) is 71.4 Å². The van der Waals surface area contributed by atoms with E-state index >= 15 is 0 Å². The van der Waals surface area contributed by atoms with Crippen LogP contribution in [-0.4, -0.2) is 49.5 Å². The molecule has 1 aromatic heterocycles. The molecule has 0 spiro atoms. The van der Waals surface area contributed by atoms with E-state index in [9.17, 15) is 18.3 Å². The normalized spacial score (nSPS) is 19.2. The summed E-state index contributed by atoms with van der Waals surface area (Å²) in [6, 6.07) is 12.2. The van der Waals surface area contributed by atoms with Crippen LogP contribution in [0.25, 0.3) is 0 Å². The largest absolute Gasteiger partial charge is 0.469 e. The number of pyridine rings is 1. The Hall–Kier alpha value is -3.67. The number of rotatable bonds is 7. The number of nitrogens with one attached hydrogen (secondary N) is 1. The molecule has 0 radical (unpaired) electrons. The van der Waals surface area contributed by atoms with Gasteiger partial charge in [0.1, 0.15) is 11.7 Å². The quantitative estimate of drug-likeness (QED) is 0.455. The van der Waals surface area contributed by atoms with Crippen LogP contribution in [-0.2, 0) is 16.4 Å². The Labute approximate surface area is 227 Å². The lowest BCUT2D eigenvalue weighted by Gasteiger charge is -2.41. The number of aliphatic hydroxyl groups is 1. The van der Waals surface area contributed by atoms with Crippen molar-refractivity contribution < 1.29 is 32.5 Å². The predicted molar refractivity (Wildman–Crippen MR) is 144 cm³/mol. The lowest BCUT2D eigenvalue weighted by atomic mass is 9.88. The van der Waals surface area contributed by atoms with Crippen LogP contribution in [0.2, 0.25) is 0 Å². The number of aliphatic hydroxyl groups excluding tert-OH is 1. The van der Waals surface area contributed by atoms with E-state index in [1.54, 1.807) is 49.1 Å². The number of anilines is 1. The van der Waals surface area contributed by atoms with Gasteiger partial charge in [-0.25, -0.2) is 18.1 Å². The highest BCUT2D eigenvalue weighted by atomic mass is 32.2. The number of aryl methyl sites for hydroxylation is 1. The SMILES string of the molecule is CCc1ccc(S(=O)(=O)N[C@@H]2c3cc(C(=O)N(CC)c4ccc5c(c4)OCO5)cnc3OC(C)(C)[C@H]2O)cc1. The number of carbonyl (C=O) groups is 1. The number of aromatic nitrogens is 1. The zero-order chi connectivity index (χ0) is 27.9. The number of hydrogen-bond acceptors (Lipinski definition) is 8.